The fourth-order valence-electron chi connectivity index (χ4n) is 1.95. The van der Waals surface area contributed by atoms with Crippen LogP contribution in [0.2, 0.25) is 0 Å². The molecule has 0 aromatic rings. The molecule has 7 heteroatoms. The molecule has 2 rings (SSSR count). The maximum atomic E-state index is 12.0. The Bertz CT molecular complexity index is 702. The molecule has 2 aliphatic heterocycles. The van der Waals surface area contributed by atoms with Gasteiger partial charge in [-0.3, -0.25) is 9.36 Å². The van der Waals surface area contributed by atoms with Gasteiger partial charge in [0.05, 0.1) is 5.69 Å². The molecule has 0 saturated carbocycles. The Morgan fingerprint density at radius 3 is 2.53 bits per heavy atom. The molecule has 0 aliphatic carbocycles. The van der Waals surface area contributed by atoms with E-state index in [-0.39, 0.29) is 18.1 Å². The molecule has 0 amide bonds. The fraction of sp³-hybridized carbons (Fsp3) is 0.500. The third-order valence-electron chi connectivity index (χ3n) is 3.21. The van der Waals surface area contributed by atoms with Crippen LogP contribution in [0, 0.1) is 13.8 Å². The van der Waals surface area contributed by atoms with Gasteiger partial charge in [0.1, 0.15) is 0 Å². The first-order valence-electron chi connectivity index (χ1n) is 6.03. The van der Waals surface area contributed by atoms with Crippen molar-refractivity contribution in [2.45, 2.75) is 26.8 Å². The Labute approximate surface area is 109 Å². The average molecular weight is 264 g/mol. The Morgan fingerprint density at radius 2 is 1.89 bits per heavy atom. The quantitative estimate of drug-likeness (QED) is 0.802. The lowest BCUT2D eigenvalue weighted by Crippen LogP contribution is -2.37. The Hall–Kier alpha value is -2.02. The van der Waals surface area contributed by atoms with Crippen molar-refractivity contribution in [3.05, 3.63) is 32.2 Å². The summed E-state index contributed by atoms with van der Waals surface area (Å²) < 4.78 is 2.71. The number of hydrogen-bond acceptors (Lipinski definition) is 5. The van der Waals surface area contributed by atoms with Crippen LogP contribution in [0.3, 0.4) is 0 Å². The highest BCUT2D eigenvalue weighted by Gasteiger charge is 2.20. The fourth-order valence-corrected chi connectivity index (χ4v) is 1.95. The topological polar surface area (TPSA) is 90.0 Å². The van der Waals surface area contributed by atoms with Crippen molar-refractivity contribution in [3.8, 4) is 11.5 Å². The van der Waals surface area contributed by atoms with Crippen LogP contribution in [0.1, 0.15) is 17.8 Å². The lowest BCUT2D eigenvalue weighted by Gasteiger charge is -2.18. The van der Waals surface area contributed by atoms with Gasteiger partial charge in [-0.05, 0) is 20.3 Å². The van der Waals surface area contributed by atoms with Crippen molar-refractivity contribution < 1.29 is 5.11 Å². The highest BCUT2D eigenvalue weighted by atomic mass is 16.3. The second-order valence-electron chi connectivity index (χ2n) is 4.44. The van der Waals surface area contributed by atoms with Gasteiger partial charge in [-0.1, -0.05) is 0 Å². The van der Waals surface area contributed by atoms with E-state index < -0.39 is 11.2 Å². The molecule has 19 heavy (non-hydrogen) atoms. The number of nitrogens with zero attached hydrogens (tertiary/aromatic N) is 4. The average Bonchev–Trinajstić information content (AvgIpc) is 2.39. The lowest BCUT2D eigenvalue weighted by atomic mass is 10.2. The highest BCUT2D eigenvalue weighted by Crippen LogP contribution is 2.16. The van der Waals surface area contributed by atoms with E-state index in [1.807, 2.05) is 6.92 Å². The number of rotatable bonds is 3. The lowest BCUT2D eigenvalue weighted by molar-refractivity contribution is 0.279. The summed E-state index contributed by atoms with van der Waals surface area (Å²) in [7, 11) is 1.38. The summed E-state index contributed by atoms with van der Waals surface area (Å²) in [5.74, 6) is 0.282. The SMILES string of the molecule is Cc1nc2c(=O)n(C)c(=O)nc-2n(CCCO)c1C. The van der Waals surface area contributed by atoms with Gasteiger partial charge < -0.3 is 9.67 Å². The second kappa shape index (κ2) is 4.93. The van der Waals surface area contributed by atoms with Crippen LogP contribution in [0.4, 0.5) is 0 Å². The van der Waals surface area contributed by atoms with E-state index in [9.17, 15) is 9.59 Å². The molecule has 1 N–H and O–H groups in total. The minimum absolute atomic E-state index is 0.0321. The summed E-state index contributed by atoms with van der Waals surface area (Å²) in [6, 6.07) is 0. The first-order chi connectivity index (χ1) is 8.97. The Morgan fingerprint density at radius 1 is 1.21 bits per heavy atom. The maximum absolute atomic E-state index is 12.0. The molecule has 2 heterocycles. The van der Waals surface area contributed by atoms with Gasteiger partial charge in [-0.15, -0.1) is 0 Å². The molecular weight excluding hydrogens is 248 g/mol. The van der Waals surface area contributed by atoms with Crippen molar-refractivity contribution in [1.29, 1.82) is 0 Å². The monoisotopic (exact) mass is 264 g/mol. The summed E-state index contributed by atoms with van der Waals surface area (Å²) >= 11 is 0. The minimum Gasteiger partial charge on any atom is -0.396 e. The van der Waals surface area contributed by atoms with E-state index in [2.05, 4.69) is 9.97 Å². The summed E-state index contributed by atoms with van der Waals surface area (Å²) in [4.78, 5) is 31.8. The maximum Gasteiger partial charge on any atom is 0.352 e. The molecule has 102 valence electrons. The van der Waals surface area contributed by atoms with Gasteiger partial charge >= 0.3 is 5.69 Å². The number of aliphatic hydroxyl groups is 1. The molecule has 0 unspecified atom stereocenters. The van der Waals surface area contributed by atoms with Crippen molar-refractivity contribution in [3.63, 3.8) is 0 Å². The summed E-state index contributed by atoms with van der Waals surface area (Å²) in [5.41, 5.74) is 0.684. The largest absolute Gasteiger partial charge is 0.396 e. The van der Waals surface area contributed by atoms with Crippen LogP contribution in [0.5, 0.6) is 0 Å². The summed E-state index contributed by atoms with van der Waals surface area (Å²) in [6.07, 6.45) is 0.523. The standard InChI is InChI=1S/C12H16N4O3/c1-7-8(2)16(5-4-6-17)10-9(13-7)11(18)15(3)12(19)14-10/h17H,4-6H2,1-3H3. The molecule has 0 atom stereocenters. The van der Waals surface area contributed by atoms with Crippen molar-refractivity contribution in [2.24, 2.45) is 7.05 Å². The zero-order chi connectivity index (χ0) is 14.2. The summed E-state index contributed by atoms with van der Waals surface area (Å²) in [5, 5.41) is 8.94. The van der Waals surface area contributed by atoms with Crippen LogP contribution < -0.4 is 11.2 Å². The third-order valence-corrected chi connectivity index (χ3v) is 3.21. The van der Waals surface area contributed by atoms with E-state index in [4.69, 9.17) is 5.11 Å². The Kier molecular flexibility index (Phi) is 3.48. The van der Waals surface area contributed by atoms with E-state index in [1.54, 1.807) is 11.5 Å². The van der Waals surface area contributed by atoms with Gasteiger partial charge in [0.15, 0.2) is 11.5 Å². The van der Waals surface area contributed by atoms with Crippen molar-refractivity contribution in [2.75, 3.05) is 6.61 Å². The predicted molar refractivity (Wildman–Crippen MR) is 69.3 cm³/mol. The molecule has 0 bridgehead atoms. The smallest absolute Gasteiger partial charge is 0.352 e. The van der Waals surface area contributed by atoms with Gasteiger partial charge in [-0.25, -0.2) is 9.78 Å². The van der Waals surface area contributed by atoms with E-state index in [0.717, 1.165) is 10.3 Å². The summed E-state index contributed by atoms with van der Waals surface area (Å²) in [6.45, 7) is 4.17. The number of aryl methyl sites for hydroxylation is 1. The van der Waals surface area contributed by atoms with Gasteiger partial charge in [0, 0.05) is 25.9 Å². The third kappa shape index (κ3) is 2.17. The van der Waals surface area contributed by atoms with E-state index in [1.165, 1.54) is 7.05 Å². The van der Waals surface area contributed by atoms with Crippen molar-refractivity contribution >= 4 is 0 Å². The Balaban J connectivity index is 2.83. The highest BCUT2D eigenvalue weighted by molar-refractivity contribution is 5.50. The molecule has 0 saturated heterocycles. The molecule has 7 nitrogen and oxygen atoms in total. The van der Waals surface area contributed by atoms with Crippen LogP contribution in [0.25, 0.3) is 11.5 Å². The van der Waals surface area contributed by atoms with Gasteiger partial charge in [0.2, 0.25) is 0 Å². The van der Waals surface area contributed by atoms with Crippen LogP contribution in [-0.2, 0) is 13.6 Å². The predicted octanol–water partition coefficient (Wildman–Crippen LogP) is -0.559. The van der Waals surface area contributed by atoms with Crippen LogP contribution >= 0.6 is 0 Å². The number of hydrogen-bond donors (Lipinski definition) is 1. The zero-order valence-electron chi connectivity index (χ0n) is 11.2. The molecule has 0 radical (unpaired) electrons. The molecule has 2 aliphatic rings. The minimum atomic E-state index is -0.597. The molecule has 0 fully saturated rings. The van der Waals surface area contributed by atoms with Gasteiger partial charge in [0.25, 0.3) is 5.56 Å². The molecule has 0 aromatic heterocycles. The first kappa shape index (κ1) is 13.4. The number of aromatic nitrogens is 4. The number of fused-ring (bicyclic) bond motifs is 1. The van der Waals surface area contributed by atoms with E-state index in [0.29, 0.717) is 18.7 Å². The van der Waals surface area contributed by atoms with Crippen LogP contribution in [-0.4, -0.2) is 30.8 Å². The first-order valence-corrected chi connectivity index (χ1v) is 6.03. The van der Waals surface area contributed by atoms with E-state index >= 15 is 0 Å². The second-order valence-corrected chi connectivity index (χ2v) is 4.44. The van der Waals surface area contributed by atoms with Crippen LogP contribution in [0.15, 0.2) is 9.59 Å². The van der Waals surface area contributed by atoms with Crippen molar-refractivity contribution in [1.82, 2.24) is 19.1 Å². The van der Waals surface area contributed by atoms with Gasteiger partial charge in [-0.2, -0.15) is 4.98 Å². The molecular formula is C12H16N4O3. The number of aliphatic hydroxyl groups excluding tert-OH is 1. The molecule has 0 aromatic carbocycles. The molecule has 0 spiro atoms. The normalized spacial score (nSPS) is 11.2. The zero-order valence-corrected chi connectivity index (χ0v) is 11.2.